The monoisotopic (exact) mass is 285 g/mol. The lowest BCUT2D eigenvalue weighted by molar-refractivity contribution is 0.592. The Kier molecular flexibility index (Phi) is 2.64. The molecule has 0 atom stereocenters. The number of H-pyrrole nitrogens is 1. The van der Waals surface area contributed by atoms with Gasteiger partial charge in [-0.3, -0.25) is 0 Å². The number of halogens is 3. The fourth-order valence-corrected chi connectivity index (χ4v) is 2.48. The van der Waals surface area contributed by atoms with Gasteiger partial charge in [0, 0.05) is 6.07 Å². The predicted octanol–water partition coefficient (Wildman–Crippen LogP) is 3.76. The second-order valence-electron chi connectivity index (χ2n) is 3.66. The highest BCUT2D eigenvalue weighted by Crippen LogP contribution is 2.31. The maximum Gasteiger partial charge on any atom is 0.189 e. The van der Waals surface area contributed by atoms with Crippen LogP contribution in [0.25, 0.3) is 21.9 Å². The molecule has 3 nitrogen and oxygen atoms in total. The summed E-state index contributed by atoms with van der Waals surface area (Å²) >= 11 is 7.29. The first-order chi connectivity index (χ1) is 8.60. The maximum atomic E-state index is 13.8. The van der Waals surface area contributed by atoms with Crippen molar-refractivity contribution in [2.75, 3.05) is 6.26 Å². The summed E-state index contributed by atoms with van der Waals surface area (Å²) in [5, 5.41) is 0.864. The third kappa shape index (κ3) is 1.64. The Morgan fingerprint density at radius 2 is 2.06 bits per heavy atom. The number of nitrogens with zero attached hydrogens (tertiary/aromatic N) is 2. The van der Waals surface area contributed by atoms with Gasteiger partial charge in [-0.05, 0) is 12.3 Å². The van der Waals surface area contributed by atoms with Gasteiger partial charge in [-0.2, -0.15) is 0 Å². The number of hydrogen-bond donors (Lipinski definition) is 1. The van der Waals surface area contributed by atoms with Crippen LogP contribution in [0.3, 0.4) is 0 Å². The molecule has 0 fully saturated rings. The van der Waals surface area contributed by atoms with Crippen molar-refractivity contribution < 1.29 is 8.78 Å². The Morgan fingerprint density at radius 1 is 1.28 bits per heavy atom. The number of aromatic amines is 1. The number of rotatable bonds is 1. The fourth-order valence-electron chi connectivity index (χ4n) is 1.84. The molecule has 0 amide bonds. The van der Waals surface area contributed by atoms with E-state index < -0.39 is 11.6 Å². The molecule has 7 heteroatoms. The van der Waals surface area contributed by atoms with Gasteiger partial charge in [-0.15, -0.1) is 0 Å². The summed E-state index contributed by atoms with van der Waals surface area (Å²) in [4.78, 5) is 11.1. The zero-order valence-corrected chi connectivity index (χ0v) is 10.7. The zero-order chi connectivity index (χ0) is 12.9. The van der Waals surface area contributed by atoms with Gasteiger partial charge in [-0.1, -0.05) is 23.4 Å². The van der Waals surface area contributed by atoms with Gasteiger partial charge in [0.05, 0.1) is 10.9 Å². The lowest BCUT2D eigenvalue weighted by Crippen LogP contribution is -1.88. The molecule has 0 aliphatic rings. The second kappa shape index (κ2) is 4.07. The van der Waals surface area contributed by atoms with E-state index in [1.54, 1.807) is 6.26 Å². The van der Waals surface area contributed by atoms with Gasteiger partial charge in [-0.25, -0.2) is 18.7 Å². The fraction of sp³-hybridized carbons (Fsp3) is 0.0909. The SMILES string of the molecule is CSc1nc(Cl)c2[nH]c3cc(F)cc(F)c3c2n1. The van der Waals surface area contributed by atoms with Crippen molar-refractivity contribution in [3.63, 3.8) is 0 Å². The molecule has 1 N–H and O–H groups in total. The van der Waals surface area contributed by atoms with Crippen LogP contribution in [-0.2, 0) is 0 Å². The number of nitrogens with one attached hydrogen (secondary N) is 1. The Hall–Kier alpha value is -1.40. The minimum absolute atomic E-state index is 0.195. The van der Waals surface area contributed by atoms with Crippen molar-refractivity contribution in [3.8, 4) is 0 Å². The van der Waals surface area contributed by atoms with Crippen LogP contribution in [0.2, 0.25) is 5.15 Å². The minimum atomic E-state index is -0.668. The molecule has 0 aliphatic heterocycles. The summed E-state index contributed by atoms with van der Waals surface area (Å²) in [6.07, 6.45) is 1.79. The average Bonchev–Trinajstić information content (AvgIpc) is 2.67. The van der Waals surface area contributed by atoms with Crippen LogP contribution < -0.4 is 0 Å². The van der Waals surface area contributed by atoms with Gasteiger partial charge >= 0.3 is 0 Å². The van der Waals surface area contributed by atoms with Gasteiger partial charge in [0.2, 0.25) is 0 Å². The van der Waals surface area contributed by atoms with Crippen molar-refractivity contribution in [3.05, 3.63) is 28.9 Å². The molecule has 0 radical (unpaired) electrons. The lowest BCUT2D eigenvalue weighted by Gasteiger charge is -1.98. The van der Waals surface area contributed by atoms with E-state index in [0.29, 0.717) is 21.7 Å². The third-order valence-corrected chi connectivity index (χ3v) is 3.40. The van der Waals surface area contributed by atoms with Crippen LogP contribution in [0.15, 0.2) is 17.3 Å². The number of fused-ring (bicyclic) bond motifs is 3. The summed E-state index contributed by atoms with van der Waals surface area (Å²) in [5.41, 5.74) is 1.10. The van der Waals surface area contributed by atoms with E-state index in [-0.39, 0.29) is 10.5 Å². The first-order valence-corrected chi connectivity index (χ1v) is 6.58. The molecule has 0 saturated heterocycles. The molecular weight excluding hydrogens is 280 g/mol. The number of thioether (sulfide) groups is 1. The highest BCUT2D eigenvalue weighted by atomic mass is 35.5. The van der Waals surface area contributed by atoms with E-state index in [1.165, 1.54) is 17.8 Å². The molecule has 3 aromatic rings. The van der Waals surface area contributed by atoms with E-state index in [9.17, 15) is 8.78 Å². The number of benzene rings is 1. The van der Waals surface area contributed by atoms with Crippen molar-refractivity contribution in [1.82, 2.24) is 15.0 Å². The van der Waals surface area contributed by atoms with Crippen molar-refractivity contribution in [2.45, 2.75) is 5.16 Å². The lowest BCUT2D eigenvalue weighted by atomic mass is 10.2. The van der Waals surface area contributed by atoms with E-state index in [4.69, 9.17) is 11.6 Å². The van der Waals surface area contributed by atoms with Crippen LogP contribution in [0.4, 0.5) is 8.78 Å². The minimum Gasteiger partial charge on any atom is -0.350 e. The molecule has 0 bridgehead atoms. The van der Waals surface area contributed by atoms with Crippen LogP contribution >= 0.6 is 23.4 Å². The zero-order valence-electron chi connectivity index (χ0n) is 9.09. The molecule has 0 unspecified atom stereocenters. The average molecular weight is 286 g/mol. The molecule has 0 saturated carbocycles. The number of aromatic nitrogens is 3. The van der Waals surface area contributed by atoms with Crippen molar-refractivity contribution in [2.24, 2.45) is 0 Å². The topological polar surface area (TPSA) is 41.6 Å². The number of hydrogen-bond acceptors (Lipinski definition) is 3. The standard InChI is InChI=1S/C11H6ClF2N3S/c1-18-11-16-8-7-5(14)2-4(13)3-6(7)15-9(8)10(12)17-11/h2-3,15H,1H3. The molecule has 0 aliphatic carbocycles. The van der Waals surface area contributed by atoms with E-state index in [2.05, 4.69) is 15.0 Å². The Morgan fingerprint density at radius 3 is 2.78 bits per heavy atom. The van der Waals surface area contributed by atoms with Gasteiger partial charge in [0.1, 0.15) is 22.7 Å². The van der Waals surface area contributed by atoms with E-state index in [1.807, 2.05) is 0 Å². The first-order valence-electron chi connectivity index (χ1n) is 4.98. The van der Waals surface area contributed by atoms with Crippen LogP contribution in [0.5, 0.6) is 0 Å². The summed E-state index contributed by atoms with van der Waals surface area (Å²) in [5.74, 6) is -1.32. The highest BCUT2D eigenvalue weighted by Gasteiger charge is 2.16. The third-order valence-electron chi connectivity index (χ3n) is 2.58. The summed E-state index contributed by atoms with van der Waals surface area (Å²) in [7, 11) is 0. The summed E-state index contributed by atoms with van der Waals surface area (Å²) in [6, 6.07) is 2.03. The van der Waals surface area contributed by atoms with Crippen molar-refractivity contribution >= 4 is 45.3 Å². The first kappa shape index (κ1) is 11.7. The Labute approximate surface area is 110 Å². The largest absolute Gasteiger partial charge is 0.350 e. The Bertz CT molecular complexity index is 772. The summed E-state index contributed by atoms with van der Waals surface area (Å²) in [6.45, 7) is 0. The Balaban J connectivity index is 2.53. The molecule has 92 valence electrons. The molecule has 2 aromatic heterocycles. The quantitative estimate of drug-likeness (QED) is 0.420. The van der Waals surface area contributed by atoms with Gasteiger partial charge in [0.15, 0.2) is 10.3 Å². The highest BCUT2D eigenvalue weighted by molar-refractivity contribution is 7.98. The van der Waals surface area contributed by atoms with Gasteiger partial charge in [0.25, 0.3) is 0 Å². The van der Waals surface area contributed by atoms with Crippen LogP contribution in [-0.4, -0.2) is 21.2 Å². The molecule has 3 rings (SSSR count). The smallest absolute Gasteiger partial charge is 0.189 e. The van der Waals surface area contributed by atoms with E-state index >= 15 is 0 Å². The molecular formula is C11H6ClF2N3S. The van der Waals surface area contributed by atoms with Crippen molar-refractivity contribution in [1.29, 1.82) is 0 Å². The molecule has 2 heterocycles. The molecule has 0 spiro atoms. The van der Waals surface area contributed by atoms with E-state index in [0.717, 1.165) is 6.07 Å². The maximum absolute atomic E-state index is 13.8. The normalized spacial score (nSPS) is 11.6. The van der Waals surface area contributed by atoms with Crippen LogP contribution in [0, 0.1) is 11.6 Å². The van der Waals surface area contributed by atoms with Gasteiger partial charge < -0.3 is 4.98 Å². The van der Waals surface area contributed by atoms with Crippen LogP contribution in [0.1, 0.15) is 0 Å². The summed E-state index contributed by atoms with van der Waals surface area (Å²) < 4.78 is 26.9. The predicted molar refractivity (Wildman–Crippen MR) is 68.1 cm³/mol. The molecule has 1 aromatic carbocycles. The second-order valence-corrected chi connectivity index (χ2v) is 4.79. The molecule has 18 heavy (non-hydrogen) atoms.